The molecule has 0 radical (unpaired) electrons. The second-order valence-electron chi connectivity index (χ2n) is 5.68. The van der Waals surface area contributed by atoms with E-state index in [9.17, 15) is 4.79 Å². The fourth-order valence-electron chi connectivity index (χ4n) is 2.72. The van der Waals surface area contributed by atoms with Gasteiger partial charge in [-0.3, -0.25) is 9.89 Å². The van der Waals surface area contributed by atoms with Crippen LogP contribution in [-0.4, -0.2) is 45.7 Å². The molecule has 9 heteroatoms. The monoisotopic (exact) mass is 343 g/mol. The zero-order chi connectivity index (χ0) is 17.6. The van der Waals surface area contributed by atoms with Gasteiger partial charge in [-0.15, -0.1) is 10.2 Å². The maximum absolute atomic E-state index is 12.6. The van der Waals surface area contributed by atoms with E-state index in [0.717, 1.165) is 49.2 Å². The molecular formula is C16H21N7O2. The van der Waals surface area contributed by atoms with Gasteiger partial charge in [0.1, 0.15) is 12.9 Å². The average Bonchev–Trinajstić information content (AvgIpc) is 3.07. The number of nitrogens with zero attached hydrogens (tertiary/aromatic N) is 4. The Balaban J connectivity index is 1.76. The van der Waals surface area contributed by atoms with Crippen molar-refractivity contribution in [3.63, 3.8) is 0 Å². The topological polar surface area (TPSA) is 117 Å². The Bertz CT molecular complexity index is 767. The minimum atomic E-state index is -0.355. The maximum Gasteiger partial charge on any atom is 0.278 e. The zero-order valence-electron chi connectivity index (χ0n) is 14.3. The minimum Gasteiger partial charge on any atom is -0.399 e. The highest BCUT2D eigenvalue weighted by Gasteiger charge is 2.27. The van der Waals surface area contributed by atoms with Crippen LogP contribution in [-0.2, 0) is 11.3 Å². The van der Waals surface area contributed by atoms with E-state index in [2.05, 4.69) is 43.1 Å². The molecule has 0 unspecified atom stereocenters. The summed E-state index contributed by atoms with van der Waals surface area (Å²) in [6.45, 7) is 2.89. The zero-order valence-corrected chi connectivity index (χ0v) is 14.3. The van der Waals surface area contributed by atoms with Gasteiger partial charge in [0.05, 0.1) is 11.3 Å². The number of anilines is 2. The highest BCUT2D eigenvalue weighted by molar-refractivity contribution is 6.13. The lowest BCUT2D eigenvalue weighted by Crippen LogP contribution is -2.20. The Labute approximate surface area is 145 Å². The molecule has 2 aromatic rings. The van der Waals surface area contributed by atoms with Gasteiger partial charge >= 0.3 is 0 Å². The number of hydrogen-bond donors (Lipinski definition) is 3. The number of hydrogen-bond acceptors (Lipinski definition) is 7. The van der Waals surface area contributed by atoms with Gasteiger partial charge in [-0.05, 0) is 37.8 Å². The van der Waals surface area contributed by atoms with Crippen molar-refractivity contribution in [1.82, 2.24) is 20.4 Å². The first-order valence-corrected chi connectivity index (χ1v) is 8.29. The third-order valence-electron chi connectivity index (χ3n) is 3.85. The van der Waals surface area contributed by atoms with E-state index in [0.29, 0.717) is 17.3 Å². The molecule has 2 heterocycles. The molecule has 25 heavy (non-hydrogen) atoms. The van der Waals surface area contributed by atoms with Crippen LogP contribution in [0.1, 0.15) is 47.9 Å². The molecule has 0 saturated heterocycles. The molecule has 1 aliphatic carbocycles. The lowest BCUT2D eigenvalue weighted by Gasteiger charge is -2.13. The number of H-pyrrole nitrogens is 1. The van der Waals surface area contributed by atoms with Gasteiger partial charge in [-0.25, -0.2) is 0 Å². The van der Waals surface area contributed by atoms with Gasteiger partial charge in [0.15, 0.2) is 11.5 Å². The molecule has 0 saturated carbocycles. The molecule has 3 N–H and O–H groups in total. The molecule has 1 amide bonds. The minimum absolute atomic E-state index is 0.292. The summed E-state index contributed by atoms with van der Waals surface area (Å²) in [5.74, 6) is 0.683. The molecule has 1 aliphatic rings. The van der Waals surface area contributed by atoms with Crippen LogP contribution in [0.25, 0.3) is 0 Å². The summed E-state index contributed by atoms with van der Waals surface area (Å²) >= 11 is 0. The van der Waals surface area contributed by atoms with E-state index in [4.69, 9.17) is 4.84 Å². The Morgan fingerprint density at radius 2 is 2.12 bits per heavy atom. The molecule has 9 nitrogen and oxygen atoms in total. The van der Waals surface area contributed by atoms with Crippen molar-refractivity contribution < 1.29 is 9.63 Å². The van der Waals surface area contributed by atoms with Crippen LogP contribution in [0.2, 0.25) is 0 Å². The third kappa shape index (κ3) is 3.76. The predicted octanol–water partition coefficient (Wildman–Crippen LogP) is 1.96. The Hall–Kier alpha value is -2.97. The van der Waals surface area contributed by atoms with Crippen LogP contribution in [0, 0.1) is 0 Å². The van der Waals surface area contributed by atoms with Crippen LogP contribution in [0.15, 0.2) is 17.3 Å². The number of amides is 1. The number of aromatic nitrogens is 4. The summed E-state index contributed by atoms with van der Waals surface area (Å²) in [6, 6.07) is 3.47. The average molecular weight is 343 g/mol. The van der Waals surface area contributed by atoms with E-state index in [-0.39, 0.29) is 5.91 Å². The highest BCUT2D eigenvalue weighted by atomic mass is 16.6. The van der Waals surface area contributed by atoms with E-state index < -0.39 is 0 Å². The first kappa shape index (κ1) is 16.9. The summed E-state index contributed by atoms with van der Waals surface area (Å²) in [5, 5.41) is 25.0. The van der Waals surface area contributed by atoms with Crippen LogP contribution in [0.5, 0.6) is 0 Å². The quantitative estimate of drug-likeness (QED) is 0.690. The molecule has 0 fully saturated rings. The predicted molar refractivity (Wildman–Crippen MR) is 93.8 cm³/mol. The van der Waals surface area contributed by atoms with Crippen molar-refractivity contribution in [2.24, 2.45) is 5.16 Å². The fraction of sp³-hybridized carbons (Fsp3) is 0.438. The number of aromatic amines is 1. The largest absolute Gasteiger partial charge is 0.399 e. The van der Waals surface area contributed by atoms with Crippen molar-refractivity contribution in [3.05, 3.63) is 29.1 Å². The fourth-order valence-corrected chi connectivity index (χ4v) is 2.72. The molecule has 132 valence electrons. The number of carbonyl (C=O) groups excluding carboxylic acids is 1. The van der Waals surface area contributed by atoms with Gasteiger partial charge < -0.3 is 15.5 Å². The molecule has 2 aromatic heterocycles. The van der Waals surface area contributed by atoms with Crippen molar-refractivity contribution in [3.8, 4) is 0 Å². The van der Waals surface area contributed by atoms with E-state index in [1.54, 1.807) is 12.1 Å². The second kappa shape index (κ2) is 7.73. The van der Waals surface area contributed by atoms with E-state index >= 15 is 0 Å². The normalized spacial score (nSPS) is 14.9. The lowest BCUT2D eigenvalue weighted by atomic mass is 9.93. The van der Waals surface area contributed by atoms with Crippen LogP contribution in [0.4, 0.5) is 11.6 Å². The molecule has 0 atom stereocenters. The summed E-state index contributed by atoms with van der Waals surface area (Å²) in [6.07, 6.45) is 3.51. The van der Waals surface area contributed by atoms with Crippen molar-refractivity contribution in [2.45, 2.75) is 32.6 Å². The van der Waals surface area contributed by atoms with Crippen molar-refractivity contribution >= 4 is 23.3 Å². The number of fused-ring (bicyclic) bond motifs is 1. The smallest absolute Gasteiger partial charge is 0.278 e. The van der Waals surface area contributed by atoms with Crippen molar-refractivity contribution in [1.29, 1.82) is 0 Å². The molecule has 0 spiro atoms. The third-order valence-corrected chi connectivity index (χ3v) is 3.85. The Morgan fingerprint density at radius 3 is 2.84 bits per heavy atom. The van der Waals surface area contributed by atoms with Gasteiger partial charge in [-0.1, -0.05) is 12.1 Å². The highest BCUT2D eigenvalue weighted by Crippen LogP contribution is 2.24. The SMILES string of the molecule is CCCNc1ccc(NC(=O)c2n[nH]c3c2/C(=N/OC)CCC3)nn1. The summed E-state index contributed by atoms with van der Waals surface area (Å²) in [7, 11) is 1.49. The van der Waals surface area contributed by atoms with Crippen LogP contribution >= 0.6 is 0 Å². The first-order chi connectivity index (χ1) is 12.2. The first-order valence-electron chi connectivity index (χ1n) is 8.29. The van der Waals surface area contributed by atoms with Gasteiger partial charge in [0.2, 0.25) is 0 Å². The molecular weight excluding hydrogens is 322 g/mol. The van der Waals surface area contributed by atoms with Gasteiger partial charge in [0, 0.05) is 12.2 Å². The number of oxime groups is 1. The second-order valence-corrected chi connectivity index (χ2v) is 5.68. The number of rotatable bonds is 6. The van der Waals surface area contributed by atoms with Crippen molar-refractivity contribution in [2.75, 3.05) is 24.3 Å². The molecule has 0 bridgehead atoms. The molecule has 3 rings (SSSR count). The lowest BCUT2D eigenvalue weighted by molar-refractivity contribution is 0.102. The van der Waals surface area contributed by atoms with E-state index in [1.807, 2.05) is 0 Å². The van der Waals surface area contributed by atoms with Crippen LogP contribution in [0.3, 0.4) is 0 Å². The molecule has 0 aromatic carbocycles. The standard InChI is InChI=1S/C16H21N7O2/c1-3-9-17-12-7-8-13(21-20-12)18-16(24)15-14-10(19-22-15)5-4-6-11(14)23-25-2/h7-8H,3-6,9H2,1-2H3,(H,17,20)(H,19,22)(H,18,21,24)/b23-11+. The number of carbonyl (C=O) groups is 1. The molecule has 0 aliphatic heterocycles. The maximum atomic E-state index is 12.6. The van der Waals surface area contributed by atoms with Gasteiger partial charge in [0.25, 0.3) is 5.91 Å². The Morgan fingerprint density at radius 1 is 1.32 bits per heavy atom. The van der Waals surface area contributed by atoms with E-state index in [1.165, 1.54) is 7.11 Å². The summed E-state index contributed by atoms with van der Waals surface area (Å²) in [4.78, 5) is 17.5. The Kier molecular flexibility index (Phi) is 5.22. The summed E-state index contributed by atoms with van der Waals surface area (Å²) < 4.78 is 0. The van der Waals surface area contributed by atoms with Crippen LogP contribution < -0.4 is 10.6 Å². The summed E-state index contributed by atoms with van der Waals surface area (Å²) in [5.41, 5.74) is 2.64. The number of aryl methyl sites for hydroxylation is 1. The van der Waals surface area contributed by atoms with Gasteiger partial charge in [-0.2, -0.15) is 5.10 Å². The number of nitrogens with one attached hydrogen (secondary N) is 3.